The van der Waals surface area contributed by atoms with E-state index in [-0.39, 0.29) is 5.97 Å². The lowest BCUT2D eigenvalue weighted by Crippen LogP contribution is -2.29. The van der Waals surface area contributed by atoms with Crippen molar-refractivity contribution in [3.05, 3.63) is 33.3 Å². The van der Waals surface area contributed by atoms with Gasteiger partial charge in [-0.1, -0.05) is 15.9 Å². The topological polar surface area (TPSA) is 29.5 Å². The largest absolute Gasteiger partial charge is 0.465 e. The molecule has 19 heavy (non-hydrogen) atoms. The second-order valence-corrected chi connectivity index (χ2v) is 6.48. The molecule has 0 aromatic heterocycles. The zero-order valence-electron chi connectivity index (χ0n) is 11.3. The van der Waals surface area contributed by atoms with Gasteiger partial charge in [0.25, 0.3) is 0 Å². The highest BCUT2D eigenvalue weighted by molar-refractivity contribution is 9.10. The molecule has 1 aliphatic carbocycles. The number of benzene rings is 1. The average Bonchev–Trinajstić information content (AvgIpc) is 3.16. The number of hydrogen-bond acceptors (Lipinski definition) is 3. The lowest BCUT2D eigenvalue weighted by molar-refractivity contribution is 0.0598. The van der Waals surface area contributed by atoms with E-state index in [0.717, 1.165) is 29.0 Å². The first kappa shape index (κ1) is 13.1. The van der Waals surface area contributed by atoms with Crippen LogP contribution in [0.1, 0.15) is 41.3 Å². The van der Waals surface area contributed by atoms with Gasteiger partial charge in [-0.2, -0.15) is 0 Å². The minimum absolute atomic E-state index is 0.238. The normalized spacial score (nSPS) is 20.2. The van der Waals surface area contributed by atoms with Crippen LogP contribution in [0.2, 0.25) is 0 Å². The van der Waals surface area contributed by atoms with Crippen molar-refractivity contribution in [2.75, 3.05) is 7.11 Å². The highest BCUT2D eigenvalue weighted by Crippen LogP contribution is 2.39. The molecule has 3 rings (SSSR count). The van der Waals surface area contributed by atoms with Crippen LogP contribution in [0, 0.1) is 5.92 Å². The number of hydrogen-bond donors (Lipinski definition) is 0. The molecule has 1 saturated carbocycles. The Kier molecular flexibility index (Phi) is 3.39. The van der Waals surface area contributed by atoms with Gasteiger partial charge < -0.3 is 4.74 Å². The van der Waals surface area contributed by atoms with E-state index < -0.39 is 0 Å². The molecule has 3 nitrogen and oxygen atoms in total. The fourth-order valence-electron chi connectivity index (χ4n) is 2.96. The maximum absolute atomic E-state index is 11.9. The quantitative estimate of drug-likeness (QED) is 0.799. The lowest BCUT2D eigenvalue weighted by atomic mass is 10.0. The summed E-state index contributed by atoms with van der Waals surface area (Å²) in [7, 11) is 1.44. The van der Waals surface area contributed by atoms with E-state index >= 15 is 0 Å². The van der Waals surface area contributed by atoms with Gasteiger partial charge >= 0.3 is 5.97 Å². The van der Waals surface area contributed by atoms with E-state index in [4.69, 9.17) is 4.74 Å². The zero-order valence-corrected chi connectivity index (χ0v) is 12.9. The van der Waals surface area contributed by atoms with Crippen LogP contribution in [0.3, 0.4) is 0 Å². The van der Waals surface area contributed by atoms with Gasteiger partial charge in [0.1, 0.15) is 0 Å². The molecule has 1 aliphatic heterocycles. The van der Waals surface area contributed by atoms with Gasteiger partial charge in [0, 0.05) is 23.6 Å². The van der Waals surface area contributed by atoms with E-state index in [1.807, 2.05) is 6.07 Å². The molecule has 1 fully saturated rings. The Bertz CT molecular complexity index is 525. The number of nitrogens with zero attached hydrogens (tertiary/aromatic N) is 1. The summed E-state index contributed by atoms with van der Waals surface area (Å²) in [6, 6.07) is 4.61. The summed E-state index contributed by atoms with van der Waals surface area (Å²) in [4.78, 5) is 14.4. The third-order valence-corrected chi connectivity index (χ3v) is 4.79. The number of halogens is 1. The fourth-order valence-corrected chi connectivity index (χ4v) is 3.46. The number of ether oxygens (including phenoxy) is 1. The number of fused-ring (bicyclic) bond motifs is 1. The molecule has 0 N–H and O–H groups in total. The highest BCUT2D eigenvalue weighted by atomic mass is 79.9. The molecule has 102 valence electrons. The van der Waals surface area contributed by atoms with Crippen LogP contribution in [0.4, 0.5) is 0 Å². The van der Waals surface area contributed by atoms with E-state index in [0.29, 0.717) is 11.6 Å². The minimum Gasteiger partial charge on any atom is -0.465 e. The summed E-state index contributed by atoms with van der Waals surface area (Å²) in [5.41, 5.74) is 3.10. The van der Waals surface area contributed by atoms with Crippen molar-refractivity contribution in [1.82, 2.24) is 4.90 Å². The Labute approximate surface area is 122 Å². The smallest absolute Gasteiger partial charge is 0.338 e. The van der Waals surface area contributed by atoms with Crippen molar-refractivity contribution in [2.45, 2.75) is 38.9 Å². The van der Waals surface area contributed by atoms with Crippen LogP contribution >= 0.6 is 15.9 Å². The van der Waals surface area contributed by atoms with E-state index in [9.17, 15) is 4.79 Å². The lowest BCUT2D eigenvalue weighted by Gasteiger charge is -2.23. The Morgan fingerprint density at radius 1 is 1.42 bits per heavy atom. The second-order valence-electron chi connectivity index (χ2n) is 5.57. The first-order valence-corrected chi connectivity index (χ1v) is 7.53. The second kappa shape index (κ2) is 4.91. The molecule has 4 heteroatoms. The molecular weight excluding hydrogens is 306 g/mol. The van der Waals surface area contributed by atoms with Gasteiger partial charge in [-0.25, -0.2) is 4.79 Å². The molecule has 0 amide bonds. The molecule has 0 saturated heterocycles. The van der Waals surface area contributed by atoms with Gasteiger partial charge in [-0.05, 0) is 48.9 Å². The molecule has 1 aromatic carbocycles. The van der Waals surface area contributed by atoms with E-state index in [1.54, 1.807) is 0 Å². The molecule has 2 aliphatic rings. The Morgan fingerprint density at radius 3 is 2.79 bits per heavy atom. The average molecular weight is 324 g/mol. The summed E-state index contributed by atoms with van der Waals surface area (Å²) in [5.74, 6) is 0.609. The zero-order chi connectivity index (χ0) is 13.6. The van der Waals surface area contributed by atoms with Gasteiger partial charge in [-0.3, -0.25) is 4.90 Å². The maximum atomic E-state index is 11.9. The molecule has 1 heterocycles. The summed E-state index contributed by atoms with van der Waals surface area (Å²) < 4.78 is 5.85. The van der Waals surface area contributed by atoms with Crippen molar-refractivity contribution in [3.8, 4) is 0 Å². The van der Waals surface area contributed by atoms with E-state index in [2.05, 4.69) is 33.8 Å². The Morgan fingerprint density at radius 2 is 2.16 bits per heavy atom. The molecule has 0 spiro atoms. The van der Waals surface area contributed by atoms with Crippen LogP contribution in [0.15, 0.2) is 16.6 Å². The molecular formula is C15H18BrNO2. The third kappa shape index (κ3) is 2.43. The fraction of sp³-hybridized carbons (Fsp3) is 0.533. The number of methoxy groups -OCH3 is 1. The van der Waals surface area contributed by atoms with Crippen LogP contribution in [0.25, 0.3) is 0 Å². The predicted molar refractivity (Wildman–Crippen MR) is 76.9 cm³/mol. The standard InChI is InChI=1S/C15H18BrNO2/c1-9(10-3-4-10)17-7-11-5-12(16)6-13(14(11)8-17)15(18)19-2/h5-6,9-10H,3-4,7-8H2,1-2H3/t9-/m0/s1. The predicted octanol–water partition coefficient (Wildman–Crippen LogP) is 3.35. The number of carbonyl (C=O) groups is 1. The van der Waals surface area contributed by atoms with E-state index in [1.165, 1.54) is 25.5 Å². The van der Waals surface area contributed by atoms with Crippen molar-refractivity contribution >= 4 is 21.9 Å². The van der Waals surface area contributed by atoms with Gasteiger partial charge in [-0.15, -0.1) is 0 Å². The monoisotopic (exact) mass is 323 g/mol. The molecule has 1 aromatic rings. The summed E-state index contributed by atoms with van der Waals surface area (Å²) in [5, 5.41) is 0. The van der Waals surface area contributed by atoms with Gasteiger partial charge in [0.05, 0.1) is 12.7 Å². The highest BCUT2D eigenvalue weighted by Gasteiger charge is 2.35. The van der Waals surface area contributed by atoms with Crippen LogP contribution in [-0.4, -0.2) is 24.0 Å². The summed E-state index contributed by atoms with van der Waals surface area (Å²) in [6.07, 6.45) is 2.70. The minimum atomic E-state index is -0.238. The number of esters is 1. The van der Waals surface area contributed by atoms with Gasteiger partial charge in [0.2, 0.25) is 0 Å². The van der Waals surface area contributed by atoms with Crippen molar-refractivity contribution in [2.24, 2.45) is 5.92 Å². The van der Waals surface area contributed by atoms with Crippen LogP contribution in [0.5, 0.6) is 0 Å². The summed E-state index contributed by atoms with van der Waals surface area (Å²) >= 11 is 3.49. The molecule has 1 atom stereocenters. The SMILES string of the molecule is COC(=O)c1cc(Br)cc2c1CN([C@@H](C)C1CC1)C2. The number of carbonyl (C=O) groups excluding carboxylic acids is 1. The molecule has 0 unspecified atom stereocenters. The third-order valence-electron chi connectivity index (χ3n) is 4.33. The Balaban J connectivity index is 1.90. The van der Waals surface area contributed by atoms with Gasteiger partial charge in [0.15, 0.2) is 0 Å². The molecule has 0 bridgehead atoms. The first-order valence-electron chi connectivity index (χ1n) is 6.74. The number of rotatable bonds is 3. The van der Waals surface area contributed by atoms with Crippen molar-refractivity contribution in [3.63, 3.8) is 0 Å². The summed E-state index contributed by atoms with van der Waals surface area (Å²) in [6.45, 7) is 4.11. The Hall–Kier alpha value is -0.870. The van der Waals surface area contributed by atoms with Crippen LogP contribution < -0.4 is 0 Å². The van der Waals surface area contributed by atoms with Crippen molar-refractivity contribution < 1.29 is 9.53 Å². The first-order chi connectivity index (χ1) is 9.10. The maximum Gasteiger partial charge on any atom is 0.338 e. The van der Waals surface area contributed by atoms with Crippen molar-refractivity contribution in [1.29, 1.82) is 0 Å². The molecule has 0 radical (unpaired) electrons. The van der Waals surface area contributed by atoms with Crippen LogP contribution in [-0.2, 0) is 17.8 Å².